The van der Waals surface area contributed by atoms with E-state index in [1.165, 1.54) is 4.68 Å². The molecule has 0 fully saturated rings. The fourth-order valence-corrected chi connectivity index (χ4v) is 2.22. The van der Waals surface area contributed by atoms with Crippen molar-refractivity contribution in [2.45, 2.75) is 32.7 Å². The van der Waals surface area contributed by atoms with E-state index in [-0.39, 0.29) is 30.6 Å². The molecule has 136 valence electrons. The topological polar surface area (TPSA) is 99.2 Å². The lowest BCUT2D eigenvalue weighted by Crippen LogP contribution is -2.35. The Morgan fingerprint density at radius 1 is 1.28 bits per heavy atom. The number of nitrogens with zero attached hydrogens (tertiary/aromatic N) is 2. The van der Waals surface area contributed by atoms with E-state index in [4.69, 9.17) is 10.5 Å². The van der Waals surface area contributed by atoms with E-state index >= 15 is 0 Å². The number of carbonyl (C=O) groups is 2. The smallest absolute Gasteiger partial charge is 0.358 e. The van der Waals surface area contributed by atoms with Crippen LogP contribution in [0.2, 0.25) is 0 Å². The van der Waals surface area contributed by atoms with Crippen LogP contribution in [0, 0.1) is 0 Å². The van der Waals surface area contributed by atoms with E-state index in [9.17, 15) is 9.59 Å². The number of nitrogens with one attached hydrogen (secondary N) is 1. The van der Waals surface area contributed by atoms with Crippen molar-refractivity contribution in [1.82, 2.24) is 9.78 Å². The number of amides is 1. The van der Waals surface area contributed by atoms with Gasteiger partial charge in [-0.2, -0.15) is 5.10 Å². The van der Waals surface area contributed by atoms with Crippen molar-refractivity contribution < 1.29 is 14.3 Å². The average Bonchev–Trinajstić information content (AvgIpc) is 3.05. The van der Waals surface area contributed by atoms with E-state index in [0.29, 0.717) is 17.8 Å². The summed E-state index contributed by atoms with van der Waals surface area (Å²) in [5.74, 6) is -0.732. The molecule has 1 atom stereocenters. The second kappa shape index (κ2) is 9.80. The van der Waals surface area contributed by atoms with Crippen LogP contribution in [-0.4, -0.2) is 34.3 Å². The number of esters is 1. The van der Waals surface area contributed by atoms with Crippen molar-refractivity contribution in [3.63, 3.8) is 0 Å². The van der Waals surface area contributed by atoms with Gasteiger partial charge in [-0.1, -0.05) is 25.5 Å². The number of carbonyl (C=O) groups excluding carboxylic acids is 2. The second-order valence-corrected chi connectivity index (χ2v) is 5.27. The van der Waals surface area contributed by atoms with Gasteiger partial charge in [0, 0.05) is 6.20 Å². The molecule has 1 aromatic heterocycles. The van der Waals surface area contributed by atoms with Crippen LogP contribution in [-0.2, 0) is 9.53 Å². The number of para-hydroxylation sites is 2. The van der Waals surface area contributed by atoms with Gasteiger partial charge in [0.15, 0.2) is 5.69 Å². The van der Waals surface area contributed by atoms with E-state index in [2.05, 4.69) is 10.4 Å². The van der Waals surface area contributed by atoms with Gasteiger partial charge in [-0.3, -0.25) is 4.79 Å². The Balaban J connectivity index is 0.00000312. The molecular weight excluding hydrogens is 344 g/mol. The van der Waals surface area contributed by atoms with Gasteiger partial charge in [-0.25, -0.2) is 9.48 Å². The zero-order valence-corrected chi connectivity index (χ0v) is 15.1. The third-order valence-electron chi connectivity index (χ3n) is 3.42. The SMILES string of the molecule is CCCC(N)C(=O)Nc1ccccc1-n1ccc(C(=O)OCC)n1.Cl. The molecule has 1 amide bonds. The number of anilines is 1. The lowest BCUT2D eigenvalue weighted by atomic mass is 10.1. The highest BCUT2D eigenvalue weighted by atomic mass is 35.5. The molecule has 25 heavy (non-hydrogen) atoms. The van der Waals surface area contributed by atoms with Crippen molar-refractivity contribution in [2.75, 3.05) is 11.9 Å². The van der Waals surface area contributed by atoms with E-state index in [1.807, 2.05) is 13.0 Å². The van der Waals surface area contributed by atoms with Crippen LogP contribution in [0.1, 0.15) is 37.2 Å². The Bertz CT molecular complexity index is 717. The number of nitrogens with two attached hydrogens (primary N) is 1. The molecule has 0 aliphatic heterocycles. The van der Waals surface area contributed by atoms with Crippen LogP contribution >= 0.6 is 12.4 Å². The second-order valence-electron chi connectivity index (χ2n) is 5.27. The summed E-state index contributed by atoms with van der Waals surface area (Å²) in [4.78, 5) is 23.9. The van der Waals surface area contributed by atoms with E-state index < -0.39 is 12.0 Å². The minimum Gasteiger partial charge on any atom is -0.461 e. The largest absolute Gasteiger partial charge is 0.461 e. The molecule has 1 unspecified atom stereocenters. The highest BCUT2D eigenvalue weighted by Crippen LogP contribution is 2.20. The third kappa shape index (κ3) is 5.30. The Hall–Kier alpha value is -2.38. The van der Waals surface area contributed by atoms with Crippen LogP contribution in [0.5, 0.6) is 0 Å². The molecule has 3 N–H and O–H groups in total. The first-order chi connectivity index (χ1) is 11.6. The molecule has 1 heterocycles. The fraction of sp³-hybridized carbons (Fsp3) is 0.353. The molecule has 8 heteroatoms. The summed E-state index contributed by atoms with van der Waals surface area (Å²) in [6, 6.07) is 8.19. The molecule has 0 saturated heterocycles. The quantitative estimate of drug-likeness (QED) is 0.733. The zero-order chi connectivity index (χ0) is 17.5. The number of benzene rings is 1. The third-order valence-corrected chi connectivity index (χ3v) is 3.42. The van der Waals surface area contributed by atoms with Crippen molar-refractivity contribution in [3.8, 4) is 5.69 Å². The summed E-state index contributed by atoms with van der Waals surface area (Å²) in [5, 5.41) is 7.02. The minimum atomic E-state index is -0.559. The molecular formula is C17H23ClN4O3. The molecule has 0 saturated carbocycles. The van der Waals surface area contributed by atoms with Gasteiger partial charge in [-0.15, -0.1) is 12.4 Å². The Morgan fingerprint density at radius 2 is 2.00 bits per heavy atom. The molecule has 0 radical (unpaired) electrons. The number of hydrogen-bond acceptors (Lipinski definition) is 5. The van der Waals surface area contributed by atoms with E-state index in [0.717, 1.165) is 6.42 Å². The van der Waals surface area contributed by atoms with Gasteiger partial charge >= 0.3 is 5.97 Å². The molecule has 1 aromatic carbocycles. The standard InChI is InChI=1S/C17H22N4O3.ClH/c1-3-7-12(18)16(22)19-13-8-5-6-9-15(13)21-11-10-14(20-21)17(23)24-4-2;/h5-6,8-12H,3-4,7,18H2,1-2H3,(H,19,22);1H. The Kier molecular flexibility index (Phi) is 8.10. The first kappa shape index (κ1) is 20.7. The number of hydrogen-bond donors (Lipinski definition) is 2. The number of aromatic nitrogens is 2. The number of rotatable bonds is 7. The molecule has 0 spiro atoms. The van der Waals surface area contributed by atoms with Gasteiger partial charge < -0.3 is 15.8 Å². The van der Waals surface area contributed by atoms with Crippen molar-refractivity contribution in [2.24, 2.45) is 5.73 Å². The molecule has 0 bridgehead atoms. The lowest BCUT2D eigenvalue weighted by molar-refractivity contribution is -0.117. The summed E-state index contributed by atoms with van der Waals surface area (Å²) in [6.07, 6.45) is 3.09. The average molecular weight is 367 g/mol. The Labute approximate surface area is 152 Å². The summed E-state index contributed by atoms with van der Waals surface area (Å²) in [6.45, 7) is 3.99. The monoisotopic (exact) mass is 366 g/mol. The molecule has 2 aromatic rings. The first-order valence-electron chi connectivity index (χ1n) is 7.95. The van der Waals surface area contributed by atoms with Gasteiger partial charge in [0.2, 0.25) is 5.91 Å². The molecule has 0 aliphatic carbocycles. The Morgan fingerprint density at radius 3 is 2.68 bits per heavy atom. The number of ether oxygens (including phenoxy) is 1. The predicted molar refractivity (Wildman–Crippen MR) is 98.3 cm³/mol. The predicted octanol–water partition coefficient (Wildman–Crippen LogP) is 2.54. The zero-order valence-electron chi connectivity index (χ0n) is 14.3. The van der Waals surface area contributed by atoms with E-state index in [1.54, 1.807) is 37.4 Å². The molecule has 2 rings (SSSR count). The van der Waals surface area contributed by atoms with Gasteiger partial charge in [0.1, 0.15) is 0 Å². The summed E-state index contributed by atoms with van der Waals surface area (Å²) in [5.41, 5.74) is 7.27. The maximum Gasteiger partial charge on any atom is 0.358 e. The van der Waals surface area contributed by atoms with Gasteiger partial charge in [0.25, 0.3) is 0 Å². The summed E-state index contributed by atoms with van der Waals surface area (Å²) < 4.78 is 6.45. The van der Waals surface area contributed by atoms with Crippen LogP contribution in [0.25, 0.3) is 5.69 Å². The van der Waals surface area contributed by atoms with Crippen LogP contribution < -0.4 is 11.1 Å². The lowest BCUT2D eigenvalue weighted by Gasteiger charge is -2.14. The summed E-state index contributed by atoms with van der Waals surface area (Å²) in [7, 11) is 0. The summed E-state index contributed by atoms with van der Waals surface area (Å²) >= 11 is 0. The van der Waals surface area contributed by atoms with Crippen molar-refractivity contribution in [3.05, 3.63) is 42.2 Å². The van der Waals surface area contributed by atoms with Gasteiger partial charge in [0.05, 0.1) is 24.0 Å². The molecule has 0 aliphatic rings. The normalized spacial score (nSPS) is 11.3. The number of halogens is 1. The maximum atomic E-state index is 12.1. The fourth-order valence-electron chi connectivity index (χ4n) is 2.22. The first-order valence-corrected chi connectivity index (χ1v) is 7.95. The molecule has 7 nitrogen and oxygen atoms in total. The van der Waals surface area contributed by atoms with Crippen LogP contribution in [0.15, 0.2) is 36.5 Å². The highest BCUT2D eigenvalue weighted by Gasteiger charge is 2.16. The van der Waals surface area contributed by atoms with Crippen LogP contribution in [0.4, 0.5) is 5.69 Å². The maximum absolute atomic E-state index is 12.1. The minimum absolute atomic E-state index is 0. The van der Waals surface area contributed by atoms with Gasteiger partial charge in [-0.05, 0) is 31.5 Å². The van der Waals surface area contributed by atoms with Crippen molar-refractivity contribution >= 4 is 30.0 Å². The van der Waals surface area contributed by atoms with Crippen molar-refractivity contribution in [1.29, 1.82) is 0 Å². The highest BCUT2D eigenvalue weighted by molar-refractivity contribution is 5.96. The van der Waals surface area contributed by atoms with Crippen LogP contribution in [0.3, 0.4) is 0 Å².